The van der Waals surface area contributed by atoms with Gasteiger partial charge in [0.15, 0.2) is 5.82 Å². The number of H-pyrrole nitrogens is 1. The molecule has 4 heterocycles. The van der Waals surface area contributed by atoms with Gasteiger partial charge in [0.2, 0.25) is 0 Å². The van der Waals surface area contributed by atoms with E-state index >= 15 is 0 Å². The standard InChI is InChI=1S/C30H33N7O3/c1-18-4-5-19(2)23(14-18)28(38)32-15-20-6-8-21(9-7-20)24-17-37(26-25(24)27(31)33-34-29(26)39)22-10-13-36(16-22)30(40)35-11-3-12-35/h4-9,14,17,22H,3,10-13,15-16H2,1-2H3,(H2,31,33)(H,32,38)(H,34,39)/t22-/m1/s1. The Labute approximate surface area is 231 Å². The van der Waals surface area contributed by atoms with Crippen molar-refractivity contribution in [3.63, 3.8) is 0 Å². The lowest BCUT2D eigenvalue weighted by Gasteiger charge is -2.34. The van der Waals surface area contributed by atoms with E-state index in [1.807, 2.05) is 76.9 Å². The molecule has 0 radical (unpaired) electrons. The molecule has 4 aromatic rings. The highest BCUT2D eigenvalue weighted by atomic mass is 16.2. The summed E-state index contributed by atoms with van der Waals surface area (Å²) < 4.78 is 1.96. The van der Waals surface area contributed by atoms with E-state index in [-0.39, 0.29) is 29.4 Å². The Kier molecular flexibility index (Phi) is 6.53. The minimum absolute atomic E-state index is 0.0380. The van der Waals surface area contributed by atoms with Crippen LogP contribution >= 0.6 is 0 Å². The quantitative estimate of drug-likeness (QED) is 0.357. The second-order valence-corrected chi connectivity index (χ2v) is 10.8. The number of likely N-dealkylation sites (tertiary alicyclic amines) is 2. The van der Waals surface area contributed by atoms with Gasteiger partial charge in [-0.2, -0.15) is 5.10 Å². The van der Waals surface area contributed by atoms with Crippen LogP contribution in [0.3, 0.4) is 0 Å². The first-order chi connectivity index (χ1) is 19.3. The number of amides is 3. The number of fused-ring (bicyclic) bond motifs is 1. The maximum Gasteiger partial charge on any atom is 0.320 e. The molecule has 0 bridgehead atoms. The summed E-state index contributed by atoms with van der Waals surface area (Å²) in [6.07, 6.45) is 3.76. The molecule has 0 aliphatic carbocycles. The number of hydrogen-bond donors (Lipinski definition) is 3. The number of aromatic nitrogens is 3. The largest absolute Gasteiger partial charge is 0.382 e. The molecule has 206 valence electrons. The van der Waals surface area contributed by atoms with Crippen LogP contribution < -0.4 is 16.6 Å². The van der Waals surface area contributed by atoms with Crippen LogP contribution in [0, 0.1) is 13.8 Å². The minimum atomic E-state index is -0.311. The van der Waals surface area contributed by atoms with Crippen LogP contribution in [-0.2, 0) is 6.54 Å². The van der Waals surface area contributed by atoms with Crippen molar-refractivity contribution in [2.75, 3.05) is 31.9 Å². The molecule has 2 aliphatic rings. The van der Waals surface area contributed by atoms with Gasteiger partial charge in [-0.25, -0.2) is 9.89 Å². The first-order valence-corrected chi connectivity index (χ1v) is 13.7. The molecule has 3 amide bonds. The van der Waals surface area contributed by atoms with E-state index in [1.165, 1.54) is 0 Å². The monoisotopic (exact) mass is 539 g/mol. The molecule has 0 spiro atoms. The smallest absolute Gasteiger partial charge is 0.320 e. The van der Waals surface area contributed by atoms with Crippen molar-refractivity contribution in [3.8, 4) is 11.1 Å². The molecule has 2 aromatic heterocycles. The van der Waals surface area contributed by atoms with Gasteiger partial charge in [0.1, 0.15) is 5.52 Å². The van der Waals surface area contributed by atoms with E-state index in [0.29, 0.717) is 36.1 Å². The summed E-state index contributed by atoms with van der Waals surface area (Å²) in [5, 5.41) is 10.2. The SMILES string of the molecule is Cc1ccc(C)c(C(=O)NCc2ccc(-c3cn([C@@H]4CCN(C(=O)N5CCC5)C4)c4c(=O)[nH]nc(N)c34)cc2)c1. The number of rotatable bonds is 5. The number of aryl methyl sites for hydroxylation is 2. The van der Waals surface area contributed by atoms with Gasteiger partial charge >= 0.3 is 6.03 Å². The summed E-state index contributed by atoms with van der Waals surface area (Å²) in [5.41, 5.74) is 11.8. The first kappa shape index (κ1) is 25.7. The Balaban J connectivity index is 1.25. The van der Waals surface area contributed by atoms with Crippen LogP contribution in [0.25, 0.3) is 22.0 Å². The second-order valence-electron chi connectivity index (χ2n) is 10.8. The lowest BCUT2D eigenvalue weighted by molar-refractivity contribution is 0.0950. The van der Waals surface area contributed by atoms with E-state index in [2.05, 4.69) is 15.5 Å². The molecule has 2 fully saturated rings. The van der Waals surface area contributed by atoms with Crippen LogP contribution in [0.15, 0.2) is 53.5 Å². The van der Waals surface area contributed by atoms with Gasteiger partial charge in [-0.1, -0.05) is 42.0 Å². The third-order valence-corrected chi connectivity index (χ3v) is 8.09. The Morgan fingerprint density at radius 1 is 1.07 bits per heavy atom. The molecule has 2 aliphatic heterocycles. The maximum absolute atomic E-state index is 13.0. The topological polar surface area (TPSA) is 129 Å². The minimum Gasteiger partial charge on any atom is -0.382 e. The molecule has 0 saturated carbocycles. The summed E-state index contributed by atoms with van der Waals surface area (Å²) in [4.78, 5) is 42.2. The summed E-state index contributed by atoms with van der Waals surface area (Å²) in [5.74, 6) is 0.143. The third kappa shape index (κ3) is 4.59. The van der Waals surface area contributed by atoms with Crippen molar-refractivity contribution in [3.05, 3.63) is 81.3 Å². The number of carbonyl (C=O) groups is 2. The zero-order valence-corrected chi connectivity index (χ0v) is 22.7. The van der Waals surface area contributed by atoms with Gasteiger partial charge in [0, 0.05) is 50.0 Å². The van der Waals surface area contributed by atoms with Crippen LogP contribution in [0.1, 0.15) is 45.9 Å². The average Bonchev–Trinajstić information content (AvgIpc) is 3.56. The van der Waals surface area contributed by atoms with Gasteiger partial charge in [-0.15, -0.1) is 0 Å². The molecular weight excluding hydrogens is 506 g/mol. The van der Waals surface area contributed by atoms with Gasteiger partial charge in [-0.05, 0) is 49.4 Å². The van der Waals surface area contributed by atoms with Crippen LogP contribution in [0.5, 0.6) is 0 Å². The lowest BCUT2D eigenvalue weighted by atomic mass is 10.0. The number of nitrogens with two attached hydrogens (primary N) is 1. The number of nitrogens with zero attached hydrogens (tertiary/aromatic N) is 4. The second kappa shape index (κ2) is 10.2. The third-order valence-electron chi connectivity index (χ3n) is 8.09. The average molecular weight is 540 g/mol. The molecule has 6 rings (SSSR count). The number of carbonyl (C=O) groups excluding carboxylic acids is 2. The van der Waals surface area contributed by atoms with E-state index in [1.54, 1.807) is 0 Å². The predicted octanol–water partition coefficient (Wildman–Crippen LogP) is 3.59. The zero-order chi connectivity index (χ0) is 28.0. The number of nitrogen functional groups attached to an aromatic ring is 1. The number of benzene rings is 2. The molecule has 40 heavy (non-hydrogen) atoms. The highest BCUT2D eigenvalue weighted by molar-refractivity contribution is 6.02. The number of hydrogen-bond acceptors (Lipinski definition) is 5. The van der Waals surface area contributed by atoms with Crippen molar-refractivity contribution in [1.29, 1.82) is 0 Å². The number of nitrogens with one attached hydrogen (secondary N) is 2. The van der Waals surface area contributed by atoms with Crippen LogP contribution in [0.4, 0.5) is 10.6 Å². The van der Waals surface area contributed by atoms with Crippen molar-refractivity contribution >= 4 is 28.7 Å². The van der Waals surface area contributed by atoms with Crippen molar-refractivity contribution in [1.82, 2.24) is 29.9 Å². The van der Waals surface area contributed by atoms with Gasteiger partial charge in [-0.3, -0.25) is 9.59 Å². The molecule has 0 unspecified atom stereocenters. The van der Waals surface area contributed by atoms with Gasteiger partial charge in [0.05, 0.1) is 11.4 Å². The fourth-order valence-corrected chi connectivity index (χ4v) is 5.65. The summed E-state index contributed by atoms with van der Waals surface area (Å²) in [7, 11) is 0. The predicted molar refractivity (Wildman–Crippen MR) is 154 cm³/mol. The highest BCUT2D eigenvalue weighted by Gasteiger charge is 2.33. The summed E-state index contributed by atoms with van der Waals surface area (Å²) in [6, 6.07) is 13.7. The molecular formula is C30H33N7O3. The molecule has 2 aromatic carbocycles. The number of anilines is 1. The van der Waals surface area contributed by atoms with Crippen molar-refractivity contribution in [2.24, 2.45) is 0 Å². The first-order valence-electron chi connectivity index (χ1n) is 13.7. The maximum atomic E-state index is 13.0. The Morgan fingerprint density at radius 2 is 1.85 bits per heavy atom. The Hall–Kier alpha value is -4.60. The van der Waals surface area contributed by atoms with Crippen molar-refractivity contribution < 1.29 is 9.59 Å². The van der Waals surface area contributed by atoms with Crippen LogP contribution in [-0.4, -0.2) is 62.7 Å². The Morgan fingerprint density at radius 3 is 2.58 bits per heavy atom. The van der Waals surface area contributed by atoms with E-state index in [9.17, 15) is 14.4 Å². The summed E-state index contributed by atoms with van der Waals surface area (Å²) in [6.45, 7) is 7.10. The van der Waals surface area contributed by atoms with Crippen molar-refractivity contribution in [2.45, 2.75) is 39.3 Å². The molecule has 2 saturated heterocycles. The van der Waals surface area contributed by atoms with E-state index < -0.39 is 0 Å². The summed E-state index contributed by atoms with van der Waals surface area (Å²) >= 11 is 0. The molecule has 1 atom stereocenters. The normalized spacial score (nSPS) is 16.8. The van der Waals surface area contributed by atoms with Crippen LogP contribution in [0.2, 0.25) is 0 Å². The van der Waals surface area contributed by atoms with Gasteiger partial charge in [0.25, 0.3) is 11.5 Å². The molecule has 10 heteroatoms. The fraction of sp³-hybridized carbons (Fsp3) is 0.333. The fourth-order valence-electron chi connectivity index (χ4n) is 5.65. The number of urea groups is 1. The van der Waals surface area contributed by atoms with Gasteiger partial charge < -0.3 is 25.4 Å². The van der Waals surface area contributed by atoms with E-state index in [4.69, 9.17) is 5.73 Å². The molecule has 4 N–H and O–H groups in total. The lowest BCUT2D eigenvalue weighted by Crippen LogP contribution is -2.49. The van der Waals surface area contributed by atoms with E-state index in [0.717, 1.165) is 53.7 Å². The highest BCUT2D eigenvalue weighted by Crippen LogP contribution is 2.36. The zero-order valence-electron chi connectivity index (χ0n) is 22.7. The Bertz CT molecular complexity index is 1670. The molecule has 10 nitrogen and oxygen atoms in total. The number of aromatic amines is 1.